The van der Waals surface area contributed by atoms with Gasteiger partial charge in [0.1, 0.15) is 23.0 Å². The molecule has 0 atom stereocenters. The predicted octanol–water partition coefficient (Wildman–Crippen LogP) is 5.74. The first kappa shape index (κ1) is 28.0. The maximum atomic E-state index is 12.9. The van der Waals surface area contributed by atoms with Gasteiger partial charge in [-0.05, 0) is 88.3 Å². The van der Waals surface area contributed by atoms with Crippen LogP contribution in [-0.2, 0) is 16.1 Å². The van der Waals surface area contributed by atoms with E-state index in [0.717, 1.165) is 21.5 Å². The van der Waals surface area contributed by atoms with Gasteiger partial charge in [-0.15, -0.1) is 0 Å². The van der Waals surface area contributed by atoms with Crippen molar-refractivity contribution in [3.8, 4) is 23.0 Å². The minimum atomic E-state index is -0.589. The molecule has 0 unspecified atom stereocenters. The van der Waals surface area contributed by atoms with Crippen LogP contribution in [0.1, 0.15) is 40.1 Å². The zero-order chi connectivity index (χ0) is 29.8. The minimum absolute atomic E-state index is 0.0330. The van der Waals surface area contributed by atoms with Crippen LogP contribution in [0.5, 0.6) is 23.0 Å². The number of carbonyl (C=O) groups excluding carboxylic acids is 4. The normalized spacial score (nSPS) is 10.7. The van der Waals surface area contributed by atoms with Gasteiger partial charge in [0.25, 0.3) is 0 Å². The Kier molecular flexibility index (Phi) is 7.94. The molecule has 0 fully saturated rings. The summed E-state index contributed by atoms with van der Waals surface area (Å²) in [5.41, 5.74) is 7.01. The molecule has 0 aliphatic heterocycles. The van der Waals surface area contributed by atoms with Crippen molar-refractivity contribution < 1.29 is 38.1 Å². The van der Waals surface area contributed by atoms with Gasteiger partial charge in [-0.2, -0.15) is 0 Å². The summed E-state index contributed by atoms with van der Waals surface area (Å²) in [7, 11) is 0. The van der Waals surface area contributed by atoms with Crippen LogP contribution in [0.15, 0.2) is 91.0 Å². The molecule has 0 aliphatic rings. The van der Waals surface area contributed by atoms with Crippen molar-refractivity contribution in [3.63, 3.8) is 0 Å². The lowest BCUT2D eigenvalue weighted by Crippen LogP contribution is -2.12. The average molecular weight is 564 g/mol. The van der Waals surface area contributed by atoms with Crippen LogP contribution in [0, 0.1) is 0 Å². The molecule has 2 N–H and O–H groups in total. The molecular formula is C33H25NO8. The number of ether oxygens (including phenoxy) is 4. The topological polar surface area (TPSA) is 131 Å². The van der Waals surface area contributed by atoms with E-state index in [1.807, 2.05) is 0 Å². The molecule has 0 bridgehead atoms. The number of nitrogens with two attached hydrogens (primary N) is 1. The lowest BCUT2D eigenvalue weighted by atomic mass is 10.1. The molecule has 9 nitrogen and oxygen atoms in total. The Balaban J connectivity index is 1.29. The van der Waals surface area contributed by atoms with Gasteiger partial charge in [-0.1, -0.05) is 24.3 Å². The molecule has 0 amide bonds. The summed E-state index contributed by atoms with van der Waals surface area (Å²) in [4.78, 5) is 48.2. The Morgan fingerprint density at radius 1 is 0.524 bits per heavy atom. The van der Waals surface area contributed by atoms with E-state index >= 15 is 0 Å². The standard InChI is InChI=1S/C33H25NO8/c1-19(35)39-28-9-7-21-13-25(5-3-23(21)15-28)32(37)41-30-11-12-31(27(17-30)18-34)42-33(38)26-6-4-24-16-29(40-20(2)36)10-8-22(24)14-26/h3-17H,18,34H2,1-2H3. The molecule has 0 heterocycles. The molecule has 0 saturated carbocycles. The second-order valence-corrected chi connectivity index (χ2v) is 9.39. The number of benzene rings is 5. The molecule has 0 saturated heterocycles. The van der Waals surface area contributed by atoms with E-state index < -0.39 is 23.9 Å². The van der Waals surface area contributed by atoms with Gasteiger partial charge in [0.05, 0.1) is 11.1 Å². The highest BCUT2D eigenvalue weighted by atomic mass is 16.5. The third-order valence-electron chi connectivity index (χ3n) is 6.28. The zero-order valence-electron chi connectivity index (χ0n) is 22.7. The molecule has 210 valence electrons. The van der Waals surface area contributed by atoms with Crippen LogP contribution in [0.2, 0.25) is 0 Å². The van der Waals surface area contributed by atoms with Gasteiger partial charge in [0.2, 0.25) is 0 Å². The Hall–Kier alpha value is -5.54. The van der Waals surface area contributed by atoms with Crippen molar-refractivity contribution in [3.05, 3.63) is 108 Å². The largest absolute Gasteiger partial charge is 0.427 e. The first-order chi connectivity index (χ1) is 20.2. The SMILES string of the molecule is CC(=O)Oc1ccc2cc(C(=O)Oc3ccc(OC(=O)c4ccc5cc(OC(C)=O)ccc5c4)c(CN)c3)ccc2c1. The third-order valence-corrected chi connectivity index (χ3v) is 6.28. The van der Waals surface area contributed by atoms with Crippen molar-refractivity contribution in [2.45, 2.75) is 20.4 Å². The second-order valence-electron chi connectivity index (χ2n) is 9.39. The first-order valence-electron chi connectivity index (χ1n) is 12.9. The van der Waals surface area contributed by atoms with Gasteiger partial charge in [0, 0.05) is 26.0 Å². The summed E-state index contributed by atoms with van der Waals surface area (Å²) in [5, 5.41) is 3.11. The van der Waals surface area contributed by atoms with Gasteiger partial charge in [0.15, 0.2) is 0 Å². The van der Waals surface area contributed by atoms with Crippen LogP contribution in [0.25, 0.3) is 21.5 Å². The maximum absolute atomic E-state index is 12.9. The molecule has 0 radical (unpaired) electrons. The van der Waals surface area contributed by atoms with E-state index in [1.54, 1.807) is 78.9 Å². The zero-order valence-corrected chi connectivity index (χ0v) is 22.7. The van der Waals surface area contributed by atoms with Gasteiger partial charge in [-0.25, -0.2) is 9.59 Å². The van der Waals surface area contributed by atoms with Crippen molar-refractivity contribution >= 4 is 45.4 Å². The van der Waals surface area contributed by atoms with Crippen LogP contribution in [0.3, 0.4) is 0 Å². The maximum Gasteiger partial charge on any atom is 0.343 e. The Morgan fingerprint density at radius 3 is 1.45 bits per heavy atom. The van der Waals surface area contributed by atoms with Gasteiger partial charge < -0.3 is 24.7 Å². The van der Waals surface area contributed by atoms with Crippen molar-refractivity contribution in [2.24, 2.45) is 5.73 Å². The number of hydrogen-bond acceptors (Lipinski definition) is 9. The second kappa shape index (κ2) is 11.9. The monoisotopic (exact) mass is 563 g/mol. The smallest absolute Gasteiger partial charge is 0.343 e. The molecule has 0 aliphatic carbocycles. The average Bonchev–Trinajstić information content (AvgIpc) is 2.96. The number of carbonyl (C=O) groups is 4. The van der Waals surface area contributed by atoms with E-state index in [2.05, 4.69) is 0 Å². The molecule has 9 heteroatoms. The summed E-state index contributed by atoms with van der Waals surface area (Å²) < 4.78 is 21.4. The number of esters is 4. The van der Waals surface area contributed by atoms with Gasteiger partial charge in [-0.3, -0.25) is 9.59 Å². The summed E-state index contributed by atoms with van der Waals surface area (Å²) >= 11 is 0. The van der Waals surface area contributed by atoms with Gasteiger partial charge >= 0.3 is 23.9 Å². The van der Waals surface area contributed by atoms with E-state index in [9.17, 15) is 19.2 Å². The number of rotatable bonds is 7. The van der Waals surface area contributed by atoms with Crippen LogP contribution >= 0.6 is 0 Å². The Labute approximate surface area is 240 Å². The molecule has 5 aromatic carbocycles. The quantitative estimate of drug-likeness (QED) is 0.194. The lowest BCUT2D eigenvalue weighted by molar-refractivity contribution is -0.132. The van der Waals surface area contributed by atoms with E-state index in [4.69, 9.17) is 24.7 Å². The molecule has 5 rings (SSSR count). The molecule has 0 spiro atoms. The summed E-state index contributed by atoms with van der Waals surface area (Å²) in [6, 6.07) is 24.8. The highest BCUT2D eigenvalue weighted by Crippen LogP contribution is 2.28. The lowest BCUT2D eigenvalue weighted by Gasteiger charge is -2.12. The summed E-state index contributed by atoms with van der Waals surface area (Å²) in [6.45, 7) is 2.68. The Morgan fingerprint density at radius 2 is 0.952 bits per heavy atom. The Bertz CT molecular complexity index is 1880. The molecule has 0 aromatic heterocycles. The highest BCUT2D eigenvalue weighted by molar-refractivity contribution is 5.98. The fourth-order valence-electron chi connectivity index (χ4n) is 4.36. The minimum Gasteiger partial charge on any atom is -0.427 e. The number of hydrogen-bond donors (Lipinski definition) is 1. The third kappa shape index (κ3) is 6.43. The van der Waals surface area contributed by atoms with Crippen LogP contribution < -0.4 is 24.7 Å². The van der Waals surface area contributed by atoms with Crippen LogP contribution in [0.4, 0.5) is 0 Å². The van der Waals surface area contributed by atoms with Crippen molar-refractivity contribution in [1.82, 2.24) is 0 Å². The molecule has 42 heavy (non-hydrogen) atoms. The van der Waals surface area contributed by atoms with Crippen molar-refractivity contribution in [2.75, 3.05) is 0 Å². The van der Waals surface area contributed by atoms with E-state index in [-0.39, 0.29) is 18.0 Å². The summed E-state index contributed by atoms with van der Waals surface area (Å²) in [6.07, 6.45) is 0. The van der Waals surface area contributed by atoms with Crippen LogP contribution in [-0.4, -0.2) is 23.9 Å². The van der Waals surface area contributed by atoms with Crippen molar-refractivity contribution in [1.29, 1.82) is 0 Å². The molecule has 5 aromatic rings. The van der Waals surface area contributed by atoms with E-state index in [0.29, 0.717) is 28.2 Å². The fraction of sp³-hybridized carbons (Fsp3) is 0.0909. The molecular weight excluding hydrogens is 538 g/mol. The predicted molar refractivity (Wildman–Crippen MR) is 155 cm³/mol. The summed E-state index contributed by atoms with van der Waals surface area (Å²) in [5.74, 6) is -0.711. The fourth-order valence-corrected chi connectivity index (χ4v) is 4.36. The first-order valence-corrected chi connectivity index (χ1v) is 12.9. The number of fused-ring (bicyclic) bond motifs is 2. The highest BCUT2D eigenvalue weighted by Gasteiger charge is 2.16. The van der Waals surface area contributed by atoms with E-state index in [1.165, 1.54) is 26.0 Å².